The van der Waals surface area contributed by atoms with E-state index in [1.807, 2.05) is 49.4 Å². The summed E-state index contributed by atoms with van der Waals surface area (Å²) in [7, 11) is 0. The molecule has 0 saturated carbocycles. The molecule has 0 aliphatic carbocycles. The average Bonchev–Trinajstić information content (AvgIpc) is 2.59. The molecule has 0 aliphatic heterocycles. The van der Waals surface area contributed by atoms with Crippen LogP contribution in [-0.4, -0.2) is 23.0 Å². The van der Waals surface area contributed by atoms with Crippen molar-refractivity contribution >= 4 is 39.4 Å². The minimum Gasteiger partial charge on any atom is -0.478 e. The van der Waals surface area contributed by atoms with E-state index in [1.54, 1.807) is 6.07 Å². The smallest absolute Gasteiger partial charge is 0.328 e. The van der Waals surface area contributed by atoms with Crippen LogP contribution in [0.25, 0.3) is 0 Å². The molecule has 0 aliphatic rings. The maximum atomic E-state index is 12.0. The third kappa shape index (κ3) is 6.00. The number of carbonyl (C=O) groups is 2. The van der Waals surface area contributed by atoms with Crippen molar-refractivity contribution in [2.24, 2.45) is 0 Å². The molecule has 26 heavy (non-hydrogen) atoms. The Labute approximate surface area is 166 Å². The number of benzene rings is 2. The van der Waals surface area contributed by atoms with Crippen molar-refractivity contribution in [2.45, 2.75) is 25.3 Å². The Bertz CT molecular complexity index is 822. The van der Waals surface area contributed by atoms with Gasteiger partial charge in [0.1, 0.15) is 0 Å². The first-order valence-corrected chi connectivity index (χ1v) is 9.24. The van der Waals surface area contributed by atoms with Gasteiger partial charge in [0, 0.05) is 33.6 Å². The molecule has 2 aromatic rings. The number of carboxylic acids is 1. The number of rotatable bonds is 7. The lowest BCUT2D eigenvalue weighted by molar-refractivity contribution is -0.131. The number of carboxylic acid groups (broad SMARTS) is 1. The molecule has 0 radical (unpaired) electrons. The maximum Gasteiger partial charge on any atom is 0.328 e. The number of nitrogens with one attached hydrogen (secondary N) is 1. The Hall–Kier alpha value is -2.11. The molecule has 0 aromatic heterocycles. The summed E-state index contributed by atoms with van der Waals surface area (Å²) in [4.78, 5) is 22.6. The summed E-state index contributed by atoms with van der Waals surface area (Å²) in [5.74, 6) is -1.64. The van der Waals surface area contributed by atoms with Crippen molar-refractivity contribution in [3.8, 4) is 0 Å². The van der Waals surface area contributed by atoms with E-state index in [9.17, 15) is 9.59 Å². The van der Waals surface area contributed by atoms with Gasteiger partial charge in [0.05, 0.1) is 0 Å². The second-order valence-electron chi connectivity index (χ2n) is 5.93. The Morgan fingerprint density at radius 3 is 2.58 bits per heavy atom. The van der Waals surface area contributed by atoms with Gasteiger partial charge >= 0.3 is 5.97 Å². The molecule has 0 saturated heterocycles. The Kier molecular flexibility index (Phi) is 7.42. The summed E-state index contributed by atoms with van der Waals surface area (Å²) in [5.41, 5.74) is 2.11. The first-order chi connectivity index (χ1) is 12.4. The van der Waals surface area contributed by atoms with Gasteiger partial charge in [-0.1, -0.05) is 57.9 Å². The largest absolute Gasteiger partial charge is 0.478 e. The van der Waals surface area contributed by atoms with Gasteiger partial charge in [-0.3, -0.25) is 4.79 Å². The van der Waals surface area contributed by atoms with Crippen LogP contribution >= 0.6 is 27.5 Å². The topological polar surface area (TPSA) is 66.4 Å². The molecule has 0 fully saturated rings. The number of amides is 1. The molecule has 6 heteroatoms. The Balaban J connectivity index is 2.26. The van der Waals surface area contributed by atoms with Crippen molar-refractivity contribution < 1.29 is 14.7 Å². The zero-order valence-electron chi connectivity index (χ0n) is 14.2. The van der Waals surface area contributed by atoms with Gasteiger partial charge in [0.15, 0.2) is 0 Å². The fourth-order valence-electron chi connectivity index (χ4n) is 2.74. The quantitative estimate of drug-likeness (QED) is 0.625. The highest BCUT2D eigenvalue weighted by molar-refractivity contribution is 9.10. The molecule has 0 spiro atoms. The summed E-state index contributed by atoms with van der Waals surface area (Å²) >= 11 is 9.71. The average molecular weight is 437 g/mol. The number of hydrogen-bond acceptors (Lipinski definition) is 2. The van der Waals surface area contributed by atoms with Crippen LogP contribution in [0.1, 0.15) is 24.0 Å². The van der Waals surface area contributed by atoms with Crippen LogP contribution < -0.4 is 5.32 Å². The van der Waals surface area contributed by atoms with E-state index in [0.717, 1.165) is 27.8 Å². The van der Waals surface area contributed by atoms with Crippen molar-refractivity contribution in [3.63, 3.8) is 0 Å². The van der Waals surface area contributed by atoms with Crippen molar-refractivity contribution in [3.05, 3.63) is 81.3 Å². The first kappa shape index (κ1) is 20.2. The van der Waals surface area contributed by atoms with Crippen LogP contribution in [0.4, 0.5) is 0 Å². The lowest BCUT2D eigenvalue weighted by Crippen LogP contribution is -2.37. The van der Waals surface area contributed by atoms with Gasteiger partial charge < -0.3 is 10.4 Å². The van der Waals surface area contributed by atoms with Gasteiger partial charge in [0.25, 0.3) is 0 Å². The van der Waals surface area contributed by atoms with E-state index in [4.69, 9.17) is 16.7 Å². The first-order valence-electron chi connectivity index (χ1n) is 8.07. The number of hydrogen-bond donors (Lipinski definition) is 2. The van der Waals surface area contributed by atoms with E-state index in [0.29, 0.717) is 11.4 Å². The second-order valence-corrected chi connectivity index (χ2v) is 7.22. The van der Waals surface area contributed by atoms with E-state index >= 15 is 0 Å². The summed E-state index contributed by atoms with van der Waals surface area (Å²) in [5, 5.41) is 12.1. The molecular formula is C20H19BrClNO3. The molecule has 2 aromatic carbocycles. The highest BCUT2D eigenvalue weighted by atomic mass is 79.9. The molecule has 2 N–H and O–H groups in total. The lowest BCUT2D eigenvalue weighted by atomic mass is 9.86. The number of halogens is 2. The number of aliphatic carboxylic acids is 1. The van der Waals surface area contributed by atoms with Crippen LogP contribution in [0.2, 0.25) is 5.02 Å². The minimum atomic E-state index is -1.16. The molecule has 2 unspecified atom stereocenters. The summed E-state index contributed by atoms with van der Waals surface area (Å²) in [6, 6.07) is 15.2. The number of carbonyl (C=O) groups excluding carboxylic acids is 1. The third-order valence-corrected chi connectivity index (χ3v) is 5.03. The standard InChI is InChI=1S/C20H19BrClNO3/c1-13(23-19(24)9-10-20(25)26)17(14-6-4-7-16(22)11-14)12-15-5-2-3-8-18(15)21/h2-11,13,17H,12H2,1H3,(H,23,24)(H,25,26)/b10-9-. The van der Waals surface area contributed by atoms with Crippen LogP contribution in [0.3, 0.4) is 0 Å². The fraction of sp³-hybridized carbons (Fsp3) is 0.200. The molecule has 4 nitrogen and oxygen atoms in total. The monoisotopic (exact) mass is 435 g/mol. The molecule has 2 atom stereocenters. The summed E-state index contributed by atoms with van der Waals surface area (Å²) in [6.45, 7) is 1.90. The van der Waals surface area contributed by atoms with Crippen LogP contribution in [0.5, 0.6) is 0 Å². The van der Waals surface area contributed by atoms with E-state index < -0.39 is 11.9 Å². The molecular weight excluding hydrogens is 418 g/mol. The predicted molar refractivity (Wildman–Crippen MR) is 106 cm³/mol. The zero-order valence-corrected chi connectivity index (χ0v) is 16.5. The molecule has 0 bridgehead atoms. The highest BCUT2D eigenvalue weighted by Crippen LogP contribution is 2.29. The normalized spacial score (nSPS) is 13.3. The molecule has 136 valence electrons. The van der Waals surface area contributed by atoms with Crippen molar-refractivity contribution in [2.75, 3.05) is 0 Å². The predicted octanol–water partition coefficient (Wildman–Crippen LogP) is 4.57. The Morgan fingerprint density at radius 1 is 1.19 bits per heavy atom. The SMILES string of the molecule is CC(NC(=O)/C=C\C(=O)O)C(Cc1ccccc1Br)c1cccc(Cl)c1. The molecule has 1 amide bonds. The lowest BCUT2D eigenvalue weighted by Gasteiger charge is -2.26. The van der Waals surface area contributed by atoms with Gasteiger partial charge in [-0.15, -0.1) is 0 Å². The minimum absolute atomic E-state index is 0.0328. The Morgan fingerprint density at radius 2 is 1.92 bits per heavy atom. The molecule has 0 heterocycles. The summed E-state index contributed by atoms with van der Waals surface area (Å²) < 4.78 is 0.997. The van der Waals surface area contributed by atoms with Crippen LogP contribution in [0.15, 0.2) is 65.2 Å². The van der Waals surface area contributed by atoms with Crippen LogP contribution in [-0.2, 0) is 16.0 Å². The van der Waals surface area contributed by atoms with Crippen molar-refractivity contribution in [1.29, 1.82) is 0 Å². The van der Waals surface area contributed by atoms with Gasteiger partial charge in [-0.05, 0) is 42.7 Å². The van der Waals surface area contributed by atoms with E-state index in [1.165, 1.54) is 0 Å². The maximum absolute atomic E-state index is 12.0. The third-order valence-electron chi connectivity index (χ3n) is 4.03. The zero-order chi connectivity index (χ0) is 19.1. The summed E-state index contributed by atoms with van der Waals surface area (Å²) in [6.07, 6.45) is 2.53. The van der Waals surface area contributed by atoms with Gasteiger partial charge in [-0.25, -0.2) is 4.79 Å². The van der Waals surface area contributed by atoms with Crippen molar-refractivity contribution in [1.82, 2.24) is 5.32 Å². The fourth-order valence-corrected chi connectivity index (χ4v) is 3.39. The molecule has 2 rings (SSSR count). The van der Waals surface area contributed by atoms with Gasteiger partial charge in [-0.2, -0.15) is 0 Å². The van der Waals surface area contributed by atoms with E-state index in [-0.39, 0.29) is 12.0 Å². The van der Waals surface area contributed by atoms with Gasteiger partial charge in [0.2, 0.25) is 5.91 Å². The second kappa shape index (κ2) is 9.55. The van der Waals surface area contributed by atoms with E-state index in [2.05, 4.69) is 21.2 Å². The highest BCUT2D eigenvalue weighted by Gasteiger charge is 2.22. The van der Waals surface area contributed by atoms with Crippen LogP contribution in [0, 0.1) is 0 Å².